The van der Waals surface area contributed by atoms with Crippen LogP contribution in [0.1, 0.15) is 6.42 Å². The van der Waals surface area contributed by atoms with Gasteiger partial charge in [-0.25, -0.2) is 13.4 Å². The number of hydrogen-bond acceptors (Lipinski definition) is 5. The van der Waals surface area contributed by atoms with Gasteiger partial charge in [0.1, 0.15) is 5.01 Å². The van der Waals surface area contributed by atoms with E-state index in [9.17, 15) is 13.2 Å². The van der Waals surface area contributed by atoms with Crippen LogP contribution < -0.4 is 5.32 Å². The Morgan fingerprint density at radius 2 is 1.12 bits per heavy atom. The zero-order valence-electron chi connectivity index (χ0n) is 25.7. The Hall–Kier alpha value is -6.85. The Bertz CT molecular complexity index is 2340. The second-order valence-electron chi connectivity index (χ2n) is 8.58. The Morgan fingerprint density at radius 3 is 1.62 bits per heavy atom. The molecule has 0 fully saturated rings. The highest BCUT2D eigenvalue weighted by atomic mass is 32.2. The van der Waals surface area contributed by atoms with Crippen LogP contribution in [-0.4, -0.2) is 25.1 Å². The molecule has 0 radical (unpaired) electrons. The molecule has 0 atom stereocenters. The van der Waals surface area contributed by atoms with Crippen molar-refractivity contribution in [1.29, 1.82) is 0 Å². The Balaban J connectivity index is 0.000000348. The van der Waals surface area contributed by atoms with Crippen molar-refractivity contribution in [3.63, 3.8) is 0 Å². The molecular weight excluding hydrogens is 633 g/mol. The molecule has 48 heavy (non-hydrogen) atoms. The van der Waals surface area contributed by atoms with Gasteiger partial charge in [0.05, 0.1) is 20.9 Å². The number of carbonyl (C=O) groups excluding carboxylic acids is 1. The maximum atomic E-state index is 12.3. The number of amides is 1. The predicted molar refractivity (Wildman–Crippen MR) is 192 cm³/mol. The fraction of sp³-hybridized carbons (Fsp3) is 0.0488. The number of hydrogen-bond donors (Lipinski definition) is 1. The van der Waals surface area contributed by atoms with Gasteiger partial charge in [-0.05, 0) is 138 Å². The van der Waals surface area contributed by atoms with Crippen molar-refractivity contribution >= 4 is 43.0 Å². The van der Waals surface area contributed by atoms with Gasteiger partial charge in [0, 0.05) is 17.7 Å². The van der Waals surface area contributed by atoms with Gasteiger partial charge in [-0.15, -0.1) is 11.3 Å². The number of para-hydroxylation sites is 1. The minimum absolute atomic E-state index is 0.100. The van der Waals surface area contributed by atoms with Crippen LogP contribution in [0.5, 0.6) is 0 Å². The van der Waals surface area contributed by atoms with Crippen molar-refractivity contribution < 1.29 is 13.2 Å². The molecule has 0 saturated heterocycles. The molecule has 230 valence electrons. The summed E-state index contributed by atoms with van der Waals surface area (Å²) in [5.74, 6) is -0.565. The van der Waals surface area contributed by atoms with Gasteiger partial charge in [-0.2, -0.15) is 0 Å². The summed E-state index contributed by atoms with van der Waals surface area (Å²) >= 11 is 1.61. The maximum absolute atomic E-state index is 12.3. The van der Waals surface area contributed by atoms with Crippen molar-refractivity contribution in [2.45, 2.75) is 11.3 Å². The average molecular weight is 659 g/mol. The maximum Gasteiger partial charge on any atom is 0.225 e. The van der Waals surface area contributed by atoms with E-state index >= 15 is 0 Å². The summed E-state index contributed by atoms with van der Waals surface area (Å²) in [5, 5.41) is 3.67. The van der Waals surface area contributed by atoms with E-state index in [-0.39, 0.29) is 23.0 Å². The number of nitrogens with zero attached hydrogens (tertiary/aromatic N) is 1. The average Bonchev–Trinajstić information content (AvgIpc) is 3.55. The van der Waals surface area contributed by atoms with E-state index in [0.29, 0.717) is 5.69 Å². The molecule has 4 rings (SSSR count). The van der Waals surface area contributed by atoms with E-state index in [1.54, 1.807) is 41.7 Å². The van der Waals surface area contributed by atoms with Crippen molar-refractivity contribution in [3.8, 4) is 10.6 Å². The van der Waals surface area contributed by atoms with Gasteiger partial charge in [-0.1, -0.05) is 53.3 Å². The molecular formula is C41H26N2O3S2. The van der Waals surface area contributed by atoms with Crippen LogP contribution >= 0.6 is 11.3 Å². The highest BCUT2D eigenvalue weighted by molar-refractivity contribution is 7.91. The number of thiazole rings is 1. The summed E-state index contributed by atoms with van der Waals surface area (Å²) in [6.07, 6.45) is -0.100. The molecule has 0 aliphatic rings. The summed E-state index contributed by atoms with van der Waals surface area (Å²) in [6.45, 7) is 13.1. The van der Waals surface area contributed by atoms with Gasteiger partial charge in [0.15, 0.2) is 9.84 Å². The fourth-order valence-electron chi connectivity index (χ4n) is 3.28. The lowest BCUT2D eigenvalue weighted by Crippen LogP contribution is -2.17. The monoisotopic (exact) mass is 658 g/mol. The molecule has 5 nitrogen and oxygen atoms in total. The topological polar surface area (TPSA) is 76.1 Å². The van der Waals surface area contributed by atoms with Gasteiger partial charge >= 0.3 is 0 Å². The summed E-state index contributed by atoms with van der Waals surface area (Å²) in [5.41, 5.74) is 39.0. The summed E-state index contributed by atoms with van der Waals surface area (Å²) in [7, 11) is -3.47. The first-order chi connectivity index (χ1) is 23.3. The van der Waals surface area contributed by atoms with E-state index in [4.69, 9.17) is 0 Å². The third-order valence-corrected chi connectivity index (χ3v) is 8.14. The number of carbonyl (C=O) groups is 1. The SMILES string of the molecule is C=C=C=C=C=C=C=C.C=C=C=C=C=C=C=C=C=C=C.O=C(CCS(=O)(=O)c1ccccc1)Nc1ccc(-c2nc3ccccc3s2)cc1. The van der Waals surface area contributed by atoms with Crippen molar-refractivity contribution in [1.82, 2.24) is 4.98 Å². The van der Waals surface area contributed by atoms with Gasteiger partial charge in [0.2, 0.25) is 5.91 Å². The van der Waals surface area contributed by atoms with Gasteiger partial charge in [0.25, 0.3) is 0 Å². The standard InChI is InChI=1S/C22H18N2O3S2.C11H4.C8H4/c25-21(14-15-29(26,27)18-6-2-1-3-7-18)23-17-12-10-16(11-13-17)22-24-19-8-4-5-9-20(19)28-22;1-3-5-7-9-11-10-8-6-4-2;1-3-5-7-8-6-4-2/h1-13H,14-15H2,(H,23,25);1-2H2;1-2H2. The zero-order valence-corrected chi connectivity index (χ0v) is 27.4. The first kappa shape index (κ1) is 37.3. The van der Waals surface area contributed by atoms with Crippen LogP contribution in [0, 0.1) is 0 Å². The molecule has 0 spiro atoms. The van der Waals surface area contributed by atoms with E-state index in [1.165, 1.54) is 12.1 Å². The first-order valence-electron chi connectivity index (χ1n) is 13.7. The Kier molecular flexibility index (Phi) is 16.9. The molecule has 0 saturated carbocycles. The van der Waals surface area contributed by atoms with Crippen LogP contribution in [0.25, 0.3) is 20.8 Å². The van der Waals surface area contributed by atoms with Crippen LogP contribution in [0.3, 0.4) is 0 Å². The largest absolute Gasteiger partial charge is 0.326 e. The third kappa shape index (κ3) is 14.3. The van der Waals surface area contributed by atoms with E-state index < -0.39 is 9.84 Å². The van der Waals surface area contributed by atoms with E-state index in [1.807, 2.05) is 36.4 Å². The smallest absolute Gasteiger partial charge is 0.225 e. The van der Waals surface area contributed by atoms with E-state index in [2.05, 4.69) is 123 Å². The molecule has 0 aliphatic carbocycles. The number of aromatic nitrogens is 1. The fourth-order valence-corrected chi connectivity index (χ4v) is 5.52. The molecule has 0 bridgehead atoms. The lowest BCUT2D eigenvalue weighted by Gasteiger charge is -2.07. The Morgan fingerprint density at radius 1 is 0.646 bits per heavy atom. The Labute approximate surface area is 284 Å². The van der Waals surface area contributed by atoms with Crippen molar-refractivity contribution in [3.05, 3.63) is 191 Å². The first-order valence-corrected chi connectivity index (χ1v) is 16.2. The third-order valence-electron chi connectivity index (χ3n) is 5.33. The highest BCUT2D eigenvalue weighted by Crippen LogP contribution is 2.30. The van der Waals surface area contributed by atoms with Crippen molar-refractivity contribution in [2.24, 2.45) is 0 Å². The summed E-state index contributed by atoms with van der Waals surface area (Å²) in [4.78, 5) is 17.0. The second kappa shape index (κ2) is 21.8. The van der Waals surface area contributed by atoms with Crippen LogP contribution in [-0.2, 0) is 14.6 Å². The lowest BCUT2D eigenvalue weighted by atomic mass is 10.2. The normalized spacial score (nSPS) is 8.33. The molecule has 0 aliphatic heterocycles. The second-order valence-corrected chi connectivity index (χ2v) is 11.7. The molecule has 7 heteroatoms. The summed E-state index contributed by atoms with van der Waals surface area (Å²) < 4.78 is 25.7. The lowest BCUT2D eigenvalue weighted by molar-refractivity contribution is -0.115. The van der Waals surface area contributed by atoms with E-state index in [0.717, 1.165) is 20.8 Å². The molecule has 0 unspecified atom stereocenters. The number of sulfone groups is 1. The predicted octanol–water partition coefficient (Wildman–Crippen LogP) is 8.70. The van der Waals surface area contributed by atoms with Crippen LogP contribution in [0.2, 0.25) is 0 Å². The van der Waals surface area contributed by atoms with Crippen molar-refractivity contribution in [2.75, 3.05) is 11.1 Å². The minimum Gasteiger partial charge on any atom is -0.326 e. The number of benzene rings is 3. The number of anilines is 1. The quantitative estimate of drug-likeness (QED) is 0.210. The van der Waals surface area contributed by atoms with Gasteiger partial charge in [-0.3, -0.25) is 4.79 Å². The number of fused-ring (bicyclic) bond motifs is 1. The number of rotatable bonds is 6. The molecule has 1 N–H and O–H groups in total. The molecule has 1 heterocycles. The molecule has 4 aromatic rings. The molecule has 1 amide bonds. The minimum atomic E-state index is -3.47. The van der Waals surface area contributed by atoms with Gasteiger partial charge < -0.3 is 5.32 Å². The summed E-state index contributed by atoms with van der Waals surface area (Å²) in [6, 6.07) is 23.5. The number of nitrogens with one attached hydrogen (secondary N) is 1. The molecule has 1 aromatic heterocycles. The zero-order chi connectivity index (χ0) is 34.9. The highest BCUT2D eigenvalue weighted by Gasteiger charge is 2.16. The molecule has 3 aromatic carbocycles. The van der Waals surface area contributed by atoms with Crippen LogP contribution in [0.15, 0.2) is 196 Å². The van der Waals surface area contributed by atoms with Crippen LogP contribution in [0.4, 0.5) is 5.69 Å².